The van der Waals surface area contributed by atoms with Crippen molar-refractivity contribution in [1.29, 1.82) is 0 Å². The highest BCUT2D eigenvalue weighted by Gasteiger charge is 2.32. The van der Waals surface area contributed by atoms with Gasteiger partial charge in [-0.05, 0) is 50.1 Å². The minimum atomic E-state index is -1.18. The Morgan fingerprint density at radius 1 is 1.30 bits per heavy atom. The van der Waals surface area contributed by atoms with Gasteiger partial charge in [0.2, 0.25) is 0 Å². The molecule has 1 N–H and O–H groups in total. The standard InChI is InChI=1S/C22H24FN3O4/c1-12-5-7-14-16(26(12)22(28)30-4)8-9-17-19(14)24-21(25(17)2)20(27)15-11-13(23)6-10-18(15)29-3/h6,8-12,20,27H,5,7H2,1-4H3/t12-,20+/m1/s1. The number of ether oxygens (including phenoxy) is 2. The SMILES string of the molecule is COC(=O)N1c2ccc3c(nc([C@@H](O)c4cc(F)ccc4OC)n3C)c2CC[C@H]1C. The van der Waals surface area contributed by atoms with E-state index in [1.54, 1.807) is 16.5 Å². The molecule has 0 fully saturated rings. The first kappa shape index (κ1) is 20.2. The minimum absolute atomic E-state index is 0.00716. The van der Waals surface area contributed by atoms with Crippen LogP contribution in [0, 0.1) is 5.82 Å². The Morgan fingerprint density at radius 2 is 2.07 bits per heavy atom. The molecule has 30 heavy (non-hydrogen) atoms. The largest absolute Gasteiger partial charge is 0.496 e. The number of carbonyl (C=O) groups excluding carboxylic acids is 1. The van der Waals surface area contributed by atoms with Crippen LogP contribution in [-0.4, -0.2) is 41.0 Å². The molecule has 4 rings (SSSR count). The summed E-state index contributed by atoms with van der Waals surface area (Å²) in [5.41, 5.74) is 3.51. The molecule has 2 atom stereocenters. The molecule has 0 radical (unpaired) electrons. The number of halogens is 1. The van der Waals surface area contributed by atoms with Crippen molar-refractivity contribution in [2.24, 2.45) is 7.05 Å². The van der Waals surface area contributed by atoms with E-state index in [-0.39, 0.29) is 6.04 Å². The smallest absolute Gasteiger partial charge is 0.414 e. The number of methoxy groups -OCH3 is 2. The number of hydrogen-bond donors (Lipinski definition) is 1. The third kappa shape index (κ3) is 3.08. The summed E-state index contributed by atoms with van der Waals surface area (Å²) >= 11 is 0. The van der Waals surface area contributed by atoms with Crippen molar-refractivity contribution < 1.29 is 23.8 Å². The van der Waals surface area contributed by atoms with Gasteiger partial charge in [0.25, 0.3) is 0 Å². The predicted octanol–water partition coefficient (Wildman–Crippen LogP) is 3.71. The fourth-order valence-corrected chi connectivity index (χ4v) is 4.19. The molecular weight excluding hydrogens is 389 g/mol. The van der Waals surface area contributed by atoms with Crippen molar-refractivity contribution in [3.63, 3.8) is 0 Å². The first-order valence-electron chi connectivity index (χ1n) is 9.74. The van der Waals surface area contributed by atoms with Crippen LogP contribution in [0.5, 0.6) is 5.75 Å². The molecule has 1 amide bonds. The molecule has 0 saturated carbocycles. The number of rotatable bonds is 3. The van der Waals surface area contributed by atoms with Gasteiger partial charge in [-0.1, -0.05) is 0 Å². The summed E-state index contributed by atoms with van der Waals surface area (Å²) in [6.07, 6.45) is -0.0729. The lowest BCUT2D eigenvalue weighted by molar-refractivity contribution is 0.175. The van der Waals surface area contributed by atoms with Gasteiger partial charge in [0.05, 0.1) is 30.9 Å². The van der Waals surface area contributed by atoms with E-state index in [1.807, 2.05) is 19.1 Å². The number of aromatic nitrogens is 2. The van der Waals surface area contributed by atoms with Crippen LogP contribution < -0.4 is 9.64 Å². The highest BCUT2D eigenvalue weighted by Crippen LogP contribution is 2.38. The van der Waals surface area contributed by atoms with Crippen LogP contribution in [0.4, 0.5) is 14.9 Å². The van der Waals surface area contributed by atoms with E-state index in [9.17, 15) is 14.3 Å². The van der Waals surface area contributed by atoms with E-state index < -0.39 is 18.0 Å². The number of hydrogen-bond acceptors (Lipinski definition) is 5. The summed E-state index contributed by atoms with van der Waals surface area (Å²) in [7, 11) is 4.64. The zero-order chi connectivity index (χ0) is 21.6. The lowest BCUT2D eigenvalue weighted by atomic mass is 9.96. The summed E-state index contributed by atoms with van der Waals surface area (Å²) in [4.78, 5) is 18.7. The monoisotopic (exact) mass is 413 g/mol. The Labute approximate surface area is 173 Å². The van der Waals surface area contributed by atoms with E-state index >= 15 is 0 Å². The average Bonchev–Trinajstić information content (AvgIpc) is 3.09. The van der Waals surface area contributed by atoms with E-state index in [0.29, 0.717) is 22.7 Å². The number of aliphatic hydroxyl groups excluding tert-OH is 1. The number of aryl methyl sites for hydroxylation is 2. The van der Waals surface area contributed by atoms with Gasteiger partial charge in [0.1, 0.15) is 23.5 Å². The average molecular weight is 413 g/mol. The lowest BCUT2D eigenvalue weighted by Gasteiger charge is -2.34. The van der Waals surface area contributed by atoms with Crippen molar-refractivity contribution >= 4 is 22.8 Å². The second-order valence-corrected chi connectivity index (χ2v) is 7.48. The first-order valence-corrected chi connectivity index (χ1v) is 9.74. The molecule has 0 aliphatic carbocycles. The molecule has 1 aliphatic rings. The highest BCUT2D eigenvalue weighted by atomic mass is 19.1. The number of carbonyl (C=O) groups is 1. The van der Waals surface area contributed by atoms with Gasteiger partial charge in [0.15, 0.2) is 0 Å². The topological polar surface area (TPSA) is 76.8 Å². The van der Waals surface area contributed by atoms with Gasteiger partial charge in [0, 0.05) is 24.2 Å². The maximum atomic E-state index is 13.8. The summed E-state index contributed by atoms with van der Waals surface area (Å²) in [5, 5.41) is 11.0. The quantitative estimate of drug-likeness (QED) is 0.708. The van der Waals surface area contributed by atoms with Crippen LogP contribution in [0.2, 0.25) is 0 Å². The van der Waals surface area contributed by atoms with Gasteiger partial charge in [-0.25, -0.2) is 14.2 Å². The Morgan fingerprint density at radius 3 is 2.77 bits per heavy atom. The number of amides is 1. The van der Waals surface area contributed by atoms with Crippen LogP contribution in [0.15, 0.2) is 30.3 Å². The summed E-state index contributed by atoms with van der Waals surface area (Å²) in [5.74, 6) is 0.276. The van der Waals surface area contributed by atoms with E-state index in [0.717, 1.165) is 29.6 Å². The molecule has 0 spiro atoms. The van der Waals surface area contributed by atoms with Crippen molar-refractivity contribution in [3.05, 3.63) is 53.1 Å². The van der Waals surface area contributed by atoms with Crippen LogP contribution in [-0.2, 0) is 18.2 Å². The van der Waals surface area contributed by atoms with Crippen LogP contribution >= 0.6 is 0 Å². The summed E-state index contributed by atoms with van der Waals surface area (Å²) < 4.78 is 25.9. The number of benzene rings is 2. The predicted molar refractivity (Wildman–Crippen MR) is 110 cm³/mol. The molecule has 0 unspecified atom stereocenters. The first-order chi connectivity index (χ1) is 14.4. The van der Waals surface area contributed by atoms with Crippen LogP contribution in [0.1, 0.15) is 36.4 Å². The van der Waals surface area contributed by atoms with Crippen molar-refractivity contribution in [2.45, 2.75) is 31.9 Å². The second kappa shape index (κ2) is 7.60. The Bertz CT molecular complexity index is 1130. The van der Waals surface area contributed by atoms with E-state index in [4.69, 9.17) is 14.5 Å². The molecule has 2 aromatic carbocycles. The van der Waals surface area contributed by atoms with E-state index in [2.05, 4.69) is 0 Å². The number of fused-ring (bicyclic) bond motifs is 3. The third-order valence-corrected chi connectivity index (χ3v) is 5.78. The Kier molecular flexibility index (Phi) is 5.11. The van der Waals surface area contributed by atoms with Crippen LogP contribution in [0.3, 0.4) is 0 Å². The Balaban J connectivity index is 1.86. The molecule has 1 aromatic heterocycles. The molecule has 8 heteroatoms. The fourth-order valence-electron chi connectivity index (χ4n) is 4.19. The molecule has 158 valence electrons. The van der Waals surface area contributed by atoms with Crippen LogP contribution in [0.25, 0.3) is 11.0 Å². The normalized spacial score (nSPS) is 17.0. The number of nitrogens with zero attached hydrogens (tertiary/aromatic N) is 3. The fraction of sp³-hybridized carbons (Fsp3) is 0.364. The Hall–Kier alpha value is -3.13. The lowest BCUT2D eigenvalue weighted by Crippen LogP contribution is -2.42. The minimum Gasteiger partial charge on any atom is -0.496 e. The van der Waals surface area contributed by atoms with Gasteiger partial charge < -0.3 is 19.1 Å². The van der Waals surface area contributed by atoms with E-state index in [1.165, 1.54) is 32.4 Å². The molecule has 3 aromatic rings. The molecule has 0 bridgehead atoms. The highest BCUT2D eigenvalue weighted by molar-refractivity contribution is 5.95. The molecular formula is C22H24FN3O4. The second-order valence-electron chi connectivity index (χ2n) is 7.48. The van der Waals surface area contributed by atoms with Gasteiger partial charge in [-0.15, -0.1) is 0 Å². The van der Waals surface area contributed by atoms with Crippen molar-refractivity contribution in [3.8, 4) is 5.75 Å². The molecule has 1 aliphatic heterocycles. The van der Waals surface area contributed by atoms with Gasteiger partial charge >= 0.3 is 6.09 Å². The zero-order valence-corrected chi connectivity index (χ0v) is 17.3. The summed E-state index contributed by atoms with van der Waals surface area (Å²) in [6.45, 7) is 1.98. The number of imidazole rings is 1. The number of aliphatic hydroxyl groups is 1. The maximum Gasteiger partial charge on any atom is 0.414 e. The van der Waals surface area contributed by atoms with Crippen molar-refractivity contribution in [2.75, 3.05) is 19.1 Å². The third-order valence-electron chi connectivity index (χ3n) is 5.78. The molecule has 2 heterocycles. The van der Waals surface area contributed by atoms with Gasteiger partial charge in [-0.2, -0.15) is 0 Å². The molecule has 7 nitrogen and oxygen atoms in total. The van der Waals surface area contributed by atoms with Crippen molar-refractivity contribution in [1.82, 2.24) is 9.55 Å². The van der Waals surface area contributed by atoms with Gasteiger partial charge in [-0.3, -0.25) is 4.90 Å². The number of anilines is 1. The molecule has 0 saturated heterocycles. The summed E-state index contributed by atoms with van der Waals surface area (Å²) in [6, 6.07) is 7.77. The zero-order valence-electron chi connectivity index (χ0n) is 17.3. The maximum absolute atomic E-state index is 13.8.